The molecule has 0 aromatic heterocycles. The van der Waals surface area contributed by atoms with E-state index in [0.29, 0.717) is 12.4 Å². The maximum absolute atomic E-state index is 13.8. The molecule has 761 valence electrons. The molecule has 16 unspecified atom stereocenters. The van der Waals surface area contributed by atoms with Crippen molar-refractivity contribution in [1.29, 1.82) is 0 Å². The summed E-state index contributed by atoms with van der Waals surface area (Å²) in [5, 5.41) is 231. The fourth-order valence-electron chi connectivity index (χ4n) is 16.0. The third-order valence-electron chi connectivity index (χ3n) is 22.5. The first-order valence-electron chi connectivity index (χ1n) is 42.5. The summed E-state index contributed by atoms with van der Waals surface area (Å²) < 4.78 is 89.1. The molecule has 0 aliphatic carbocycles. The summed E-state index contributed by atoms with van der Waals surface area (Å²) in [7, 11) is 0. The van der Waals surface area contributed by atoms with Gasteiger partial charge in [0.1, 0.15) is 195 Å². The molecule has 133 heavy (non-hydrogen) atoms. The third kappa shape index (κ3) is 31.8. The Morgan fingerprint density at radius 1 is 0.376 bits per heavy atom. The molecule has 31 N–H and O–H groups in total. The number of aliphatic hydroxyl groups excluding tert-OH is 20. The third-order valence-corrected chi connectivity index (χ3v) is 22.5. The molecular formula is C79H130IN9O43V. The first kappa shape index (κ1) is 118. The molecular weight excluding hydrogens is 1940 g/mol. The first-order valence-corrected chi connectivity index (χ1v) is 43.6. The molecule has 0 saturated carbocycles. The smallest absolute Gasteiger partial charge is 0.693 e. The maximum atomic E-state index is 13.8. The van der Waals surface area contributed by atoms with Crippen LogP contribution < -0.4 is 47.7 Å². The number of halogens is 1. The molecule has 1 aromatic carbocycles. The number of hydrogen-bond acceptors (Lipinski definition) is 44. The summed E-state index contributed by atoms with van der Waals surface area (Å²) >= 11 is 1.48. The maximum Gasteiger partial charge on any atom is 2.00 e. The summed E-state index contributed by atoms with van der Waals surface area (Å²) in [5.41, 5.74) is 6.06. The van der Waals surface area contributed by atoms with Crippen molar-refractivity contribution >= 4 is 68.2 Å². The van der Waals surface area contributed by atoms with Crippen molar-refractivity contribution < 1.29 is 230 Å². The van der Waals surface area contributed by atoms with Crippen LogP contribution in [0.4, 0.5) is 0 Å². The van der Waals surface area contributed by atoms with Gasteiger partial charge in [-0.1, -0.05) is 44.4 Å². The monoisotopic (exact) mass is 2070 g/mol. The standard InChI is InChI=1S/C48H76N4O22.C30H52N4O20.CIO.H2N.V/c1-5-6-7-8-9-10-11-12-13-17-67-27-16-14-15-26(18-27)44(65)52-33-37(61)36(60)28(19-53)69-46(33)73-42-30(21-55)71-48(35(39(42)63)51-25(4)59)74-43-31(22-56)70-47(34(40(43)64)50-24(3)58)72-41-29(20-54)68-45(66)32(38(41)62)49-23(2)57;1-8(39)32-16-21(44)24(12(5-36)48-27(16)47)53-29-18(34-10(3)41)23(46)26(14(7-38)51-29)54-30-17(33-9(2)40)22(45)25(13(6-37)50-30)52-28-15(31)20(43)19(42)11(4-35)49-28;2-1-3;;/h10-11,14-16,18,28-43,45-48,53-56,60-64,66H,5-9,12-13,17,19-22H2,1-4H3,(H,49,57)(H,50,58)(H,51,59)(H,52,65);11-30,35-38,42-47H,4-7,31H2,1-3H3,(H,32,39)(H,33,40)(H,34,41);;1H2;/q;;2*-1;+2/b11-10-;;;;/t28?,29-,30-,31?,32?,33?,34?,35?,36+,37+,38?,39?,40+,41+,42+,43+,45+,46-,47-,48-;11?,12-,13-,14?,15?,16?,17?,18?,19+,20+,21?,22?,23+,24+,25+,26+,27+,28-,29-,30-;;;/m00.../s1. The van der Waals surface area contributed by atoms with Crippen molar-refractivity contribution in [2.45, 2.75) is 339 Å². The van der Waals surface area contributed by atoms with Gasteiger partial charge >= 0.3 is 18.6 Å². The number of amides is 7. The molecule has 52 nitrogen and oxygen atoms in total. The topological polar surface area (TPSA) is 823 Å². The number of ether oxygens (including phenoxy) is 15. The number of nitrogens with two attached hydrogens (primary N) is 2. The van der Waals surface area contributed by atoms with Crippen LogP contribution in [0, 0.1) is 0 Å². The van der Waals surface area contributed by atoms with Gasteiger partial charge in [-0.2, -0.15) is 4.29 Å². The second-order valence-electron chi connectivity index (χ2n) is 32.2. The molecule has 0 spiro atoms. The van der Waals surface area contributed by atoms with Crippen LogP contribution in [-0.2, 0) is 118 Å². The fraction of sp³-hybridized carbons (Fsp3) is 0.797. The Balaban J connectivity index is 0.000000470. The van der Waals surface area contributed by atoms with Gasteiger partial charge in [-0.25, -0.2) is 0 Å². The number of allylic oxidation sites excluding steroid dienone is 2. The van der Waals surface area contributed by atoms with E-state index in [9.17, 15) is 136 Å². The molecule has 9 rings (SSSR count). The minimum Gasteiger partial charge on any atom is -0.693 e. The van der Waals surface area contributed by atoms with Gasteiger partial charge in [-0.05, 0) is 43.9 Å². The van der Waals surface area contributed by atoms with Crippen molar-refractivity contribution in [1.82, 2.24) is 37.2 Å². The van der Waals surface area contributed by atoms with Gasteiger partial charge in [0, 0.05) is 47.1 Å². The van der Waals surface area contributed by atoms with Crippen LogP contribution >= 0.6 is 22.6 Å². The van der Waals surface area contributed by atoms with E-state index in [1.165, 1.54) is 58.3 Å². The zero-order chi connectivity index (χ0) is 97.1. The minimum absolute atomic E-state index is 0. The Bertz CT molecular complexity index is 3730. The molecule has 7 amide bonds. The number of carbonyl (C=O) groups is 7. The number of carbonyl (C=O) groups excluding carboxylic acids is 8. The molecule has 8 aliphatic rings. The van der Waals surface area contributed by atoms with Gasteiger partial charge in [-0.3, -0.25) is 56.2 Å². The van der Waals surface area contributed by atoms with E-state index in [1.54, 1.807) is 12.1 Å². The SMILES string of the molecule is CC(=O)NC1C(O)[C@H](O[C@@H]2OC(CO)[C@@H](O)[C@H](O)C2N)[C@H](CO)O[C@H]1O[C@@H]1C(CO)O[C@@H](O[C@H]2C(O)C(NC(C)=O)[C@H](O)O[C@H]2CO)C(NC(C)=O)[C@H]1O.CCCCCC/C=C\CCCOc1cccc(C(=O)NC2[C@H](O[C@H]3C(O)C(NC(C)=O)[C@H](O[C@@H]4C(CO)O[C@@H](O[C@H]5C(O)C(NC(C)=O)[C@H](O)O[C@H]5CO)C(NC(C)=O)[C@H]4O)O[C@H]3CO)OC(CO)[C@@H](O)[C@@H]2O)c1.O=[C-]I.[NH2-].[V+2]. The average molecular weight is 2070 g/mol. The second kappa shape index (κ2) is 57.4. The molecule has 8 heterocycles. The zero-order valence-electron chi connectivity index (χ0n) is 73.7. The van der Waals surface area contributed by atoms with Crippen LogP contribution in [0.15, 0.2) is 36.4 Å². The van der Waals surface area contributed by atoms with Crippen LogP contribution in [0.2, 0.25) is 0 Å². The number of unbranched alkanes of at least 4 members (excludes halogenated alkanes) is 5. The Morgan fingerprint density at radius 3 is 0.962 bits per heavy atom. The van der Waals surface area contributed by atoms with Gasteiger partial charge in [0.15, 0.2) is 50.3 Å². The first-order chi connectivity index (χ1) is 62.2. The Kier molecular flexibility index (Phi) is 50.9. The van der Waals surface area contributed by atoms with E-state index in [-0.39, 0.29) is 30.3 Å². The van der Waals surface area contributed by atoms with Gasteiger partial charge in [0.2, 0.25) is 35.4 Å². The normalized spacial score (nSPS) is 38.9. The number of aliphatic hydroxyl groups is 20. The number of nitrogens with one attached hydrogen (secondary N) is 7. The largest absolute Gasteiger partial charge is 2.00 e. The number of benzene rings is 1. The number of hydrogen-bond donors (Lipinski definition) is 28. The van der Waals surface area contributed by atoms with E-state index in [2.05, 4.69) is 56.3 Å². The van der Waals surface area contributed by atoms with Crippen molar-refractivity contribution in [3.8, 4) is 5.75 Å². The van der Waals surface area contributed by atoms with E-state index < -0.39 is 339 Å². The zero-order valence-corrected chi connectivity index (χ0v) is 77.2. The summed E-state index contributed by atoms with van der Waals surface area (Å²) in [6, 6.07) is -6.19. The van der Waals surface area contributed by atoms with Crippen LogP contribution in [-0.4, -0.2) is 452 Å². The molecule has 1 aromatic rings. The van der Waals surface area contributed by atoms with Crippen LogP contribution in [0.25, 0.3) is 6.15 Å². The van der Waals surface area contributed by atoms with E-state index in [4.69, 9.17) is 81.6 Å². The van der Waals surface area contributed by atoms with Gasteiger partial charge < -0.3 is 227 Å². The molecule has 54 heteroatoms. The van der Waals surface area contributed by atoms with Crippen molar-refractivity contribution in [3.63, 3.8) is 0 Å². The number of rotatable bonds is 38. The Morgan fingerprint density at radius 2 is 0.647 bits per heavy atom. The van der Waals surface area contributed by atoms with Gasteiger partial charge in [0.25, 0.3) is 5.91 Å². The quantitative estimate of drug-likeness (QED) is 0.00961. The van der Waals surface area contributed by atoms with E-state index in [0.717, 1.165) is 67.2 Å². The van der Waals surface area contributed by atoms with Crippen LogP contribution in [0.5, 0.6) is 5.75 Å². The summed E-state index contributed by atoms with van der Waals surface area (Å²) in [4.78, 5) is 95.9. The van der Waals surface area contributed by atoms with Gasteiger partial charge in [-0.15, -0.1) is 0 Å². The molecule has 0 bridgehead atoms. The van der Waals surface area contributed by atoms with Crippen molar-refractivity contribution in [2.75, 3.05) is 59.5 Å². The summed E-state index contributed by atoms with van der Waals surface area (Å²) in [6.45, 7) is 2.19. The molecule has 40 atom stereocenters. The van der Waals surface area contributed by atoms with E-state index in [1.807, 2.05) is 0 Å². The Labute approximate surface area is 789 Å². The summed E-state index contributed by atoms with van der Waals surface area (Å²) in [6.07, 6.45) is -42.2. The molecule has 8 saturated heterocycles. The summed E-state index contributed by atoms with van der Waals surface area (Å²) in [5.74, 6) is -4.68. The van der Waals surface area contributed by atoms with Crippen molar-refractivity contribution in [2.24, 2.45) is 5.73 Å². The second-order valence-corrected chi connectivity index (χ2v) is 32.6. The molecule has 8 fully saturated rings. The van der Waals surface area contributed by atoms with Gasteiger partial charge in [0.05, 0.1) is 65.5 Å². The predicted molar refractivity (Wildman–Crippen MR) is 449 cm³/mol. The fourth-order valence-corrected chi connectivity index (χ4v) is 16.0. The van der Waals surface area contributed by atoms with E-state index >= 15 is 0 Å². The van der Waals surface area contributed by atoms with Crippen LogP contribution in [0.1, 0.15) is 104 Å². The molecule has 1 radical (unpaired) electrons. The van der Waals surface area contributed by atoms with Crippen molar-refractivity contribution in [3.05, 3.63) is 48.1 Å². The Hall–Kier alpha value is -5.41. The predicted octanol–water partition coefficient (Wildman–Crippen LogP) is -12.3. The van der Waals surface area contributed by atoms with Crippen LogP contribution in [0.3, 0.4) is 0 Å². The molecule has 8 aliphatic heterocycles. The minimum atomic E-state index is -1.94. The average Bonchev–Trinajstić information content (AvgIpc) is 0.753.